The highest BCUT2D eigenvalue weighted by Gasteiger charge is 2.20. The van der Waals surface area contributed by atoms with E-state index in [0.717, 1.165) is 17.2 Å². The molecular weight excluding hydrogens is 254 g/mol. The number of esters is 1. The molecule has 0 N–H and O–H groups in total. The van der Waals surface area contributed by atoms with Crippen molar-refractivity contribution in [3.63, 3.8) is 0 Å². The van der Waals surface area contributed by atoms with Crippen LogP contribution in [0.15, 0.2) is 36.7 Å². The third-order valence-corrected chi connectivity index (χ3v) is 2.99. The summed E-state index contributed by atoms with van der Waals surface area (Å²) in [4.78, 5) is 15.9. The van der Waals surface area contributed by atoms with Crippen LogP contribution in [0.25, 0.3) is 10.8 Å². The van der Waals surface area contributed by atoms with Crippen molar-refractivity contribution < 1.29 is 14.3 Å². The first-order chi connectivity index (χ1) is 9.74. The highest BCUT2D eigenvalue weighted by molar-refractivity contribution is 5.83. The first kappa shape index (κ1) is 14.3. The maximum atomic E-state index is 11.8. The van der Waals surface area contributed by atoms with Crippen molar-refractivity contribution in [2.45, 2.75) is 32.8 Å². The summed E-state index contributed by atoms with van der Waals surface area (Å²) in [6, 6.07) is 7.66. The molecular formula is C16H19NO3. The van der Waals surface area contributed by atoms with E-state index < -0.39 is 6.10 Å². The molecule has 0 spiro atoms. The molecule has 0 fully saturated rings. The monoisotopic (exact) mass is 273 g/mol. The Morgan fingerprint density at radius 2 is 2.10 bits per heavy atom. The summed E-state index contributed by atoms with van der Waals surface area (Å²) in [6.45, 7) is 4.17. The Morgan fingerprint density at radius 1 is 1.25 bits per heavy atom. The van der Waals surface area contributed by atoms with Crippen LogP contribution in [-0.2, 0) is 9.53 Å². The van der Waals surface area contributed by atoms with Crippen molar-refractivity contribution in [1.82, 2.24) is 4.98 Å². The molecule has 2 aromatic rings. The molecule has 0 aliphatic rings. The van der Waals surface area contributed by atoms with Crippen LogP contribution < -0.4 is 4.74 Å². The number of ether oxygens (including phenoxy) is 2. The minimum absolute atomic E-state index is 0.305. The van der Waals surface area contributed by atoms with Gasteiger partial charge in [-0.2, -0.15) is 0 Å². The first-order valence-electron chi connectivity index (χ1n) is 6.91. The lowest BCUT2D eigenvalue weighted by Crippen LogP contribution is -2.29. The number of rotatable bonds is 6. The van der Waals surface area contributed by atoms with Gasteiger partial charge in [-0.1, -0.05) is 19.4 Å². The van der Waals surface area contributed by atoms with Gasteiger partial charge in [-0.3, -0.25) is 4.98 Å². The van der Waals surface area contributed by atoms with E-state index in [1.54, 1.807) is 19.3 Å². The Kier molecular flexibility index (Phi) is 4.93. The smallest absolute Gasteiger partial charge is 0.347 e. The number of carbonyl (C=O) groups is 1. The molecule has 0 aliphatic carbocycles. The zero-order valence-electron chi connectivity index (χ0n) is 11.8. The molecule has 1 aromatic carbocycles. The highest BCUT2D eigenvalue weighted by Crippen LogP contribution is 2.22. The second kappa shape index (κ2) is 6.89. The lowest BCUT2D eigenvalue weighted by Gasteiger charge is -2.17. The minimum atomic E-state index is -0.547. The molecule has 1 heterocycles. The molecule has 1 atom stereocenters. The quantitative estimate of drug-likeness (QED) is 0.757. The van der Waals surface area contributed by atoms with Crippen molar-refractivity contribution in [1.29, 1.82) is 0 Å². The lowest BCUT2D eigenvalue weighted by molar-refractivity contribution is -0.151. The van der Waals surface area contributed by atoms with Gasteiger partial charge in [0.1, 0.15) is 5.75 Å². The fourth-order valence-electron chi connectivity index (χ4n) is 2.02. The van der Waals surface area contributed by atoms with Gasteiger partial charge in [-0.05, 0) is 36.9 Å². The van der Waals surface area contributed by atoms with Crippen LogP contribution in [0, 0.1) is 0 Å². The third-order valence-electron chi connectivity index (χ3n) is 2.99. The fourth-order valence-corrected chi connectivity index (χ4v) is 2.02. The van der Waals surface area contributed by atoms with Crippen LogP contribution in [0.2, 0.25) is 0 Å². The Morgan fingerprint density at radius 3 is 2.85 bits per heavy atom. The Balaban J connectivity index is 2.17. The average Bonchev–Trinajstić information content (AvgIpc) is 2.47. The molecule has 106 valence electrons. The van der Waals surface area contributed by atoms with Gasteiger partial charge in [-0.25, -0.2) is 4.79 Å². The van der Waals surface area contributed by atoms with E-state index in [4.69, 9.17) is 9.47 Å². The summed E-state index contributed by atoms with van der Waals surface area (Å²) in [5.41, 5.74) is 0. The number of pyridine rings is 1. The topological polar surface area (TPSA) is 48.4 Å². The van der Waals surface area contributed by atoms with Gasteiger partial charge in [0, 0.05) is 17.8 Å². The number of aromatic nitrogens is 1. The zero-order valence-corrected chi connectivity index (χ0v) is 11.8. The van der Waals surface area contributed by atoms with E-state index in [0.29, 0.717) is 18.8 Å². The second-order valence-corrected chi connectivity index (χ2v) is 4.53. The van der Waals surface area contributed by atoms with Crippen LogP contribution in [0.4, 0.5) is 0 Å². The molecule has 2 rings (SSSR count). The van der Waals surface area contributed by atoms with E-state index >= 15 is 0 Å². The highest BCUT2D eigenvalue weighted by atomic mass is 16.6. The first-order valence-corrected chi connectivity index (χ1v) is 6.91. The van der Waals surface area contributed by atoms with Gasteiger partial charge in [0.15, 0.2) is 6.10 Å². The van der Waals surface area contributed by atoms with Gasteiger partial charge in [0.25, 0.3) is 0 Å². The van der Waals surface area contributed by atoms with Crippen LogP contribution >= 0.6 is 0 Å². The maximum absolute atomic E-state index is 11.8. The van der Waals surface area contributed by atoms with Crippen molar-refractivity contribution in [2.75, 3.05) is 6.61 Å². The number of fused-ring (bicyclic) bond motifs is 1. The molecule has 0 aliphatic heterocycles. The lowest BCUT2D eigenvalue weighted by atomic mass is 10.1. The Hall–Kier alpha value is -2.10. The molecule has 0 bridgehead atoms. The molecule has 0 amide bonds. The van der Waals surface area contributed by atoms with E-state index in [9.17, 15) is 4.79 Å². The van der Waals surface area contributed by atoms with Gasteiger partial charge in [-0.15, -0.1) is 0 Å². The molecule has 0 saturated heterocycles. The Bertz CT molecular complexity index is 583. The predicted octanol–water partition coefficient (Wildman–Crippen LogP) is 3.35. The summed E-state index contributed by atoms with van der Waals surface area (Å²) >= 11 is 0. The van der Waals surface area contributed by atoms with Gasteiger partial charge in [0.05, 0.1) is 6.61 Å². The van der Waals surface area contributed by atoms with Crippen molar-refractivity contribution in [2.24, 2.45) is 0 Å². The summed E-state index contributed by atoms with van der Waals surface area (Å²) < 4.78 is 10.8. The van der Waals surface area contributed by atoms with Gasteiger partial charge < -0.3 is 9.47 Å². The van der Waals surface area contributed by atoms with Crippen LogP contribution in [0.5, 0.6) is 5.75 Å². The normalized spacial score (nSPS) is 12.1. The van der Waals surface area contributed by atoms with E-state index in [1.807, 2.05) is 31.2 Å². The van der Waals surface area contributed by atoms with Gasteiger partial charge >= 0.3 is 5.97 Å². The molecule has 4 heteroatoms. The average molecular weight is 273 g/mol. The number of hydrogen-bond donors (Lipinski definition) is 0. The Labute approximate surface area is 118 Å². The minimum Gasteiger partial charge on any atom is -0.479 e. The molecule has 0 saturated carbocycles. The van der Waals surface area contributed by atoms with Crippen LogP contribution in [0.3, 0.4) is 0 Å². The molecule has 0 radical (unpaired) electrons. The predicted molar refractivity (Wildman–Crippen MR) is 77.7 cm³/mol. The summed E-state index contributed by atoms with van der Waals surface area (Å²) in [7, 11) is 0. The number of nitrogens with zero attached hydrogens (tertiary/aromatic N) is 1. The van der Waals surface area contributed by atoms with Crippen LogP contribution in [-0.4, -0.2) is 23.7 Å². The van der Waals surface area contributed by atoms with Crippen molar-refractivity contribution in [3.05, 3.63) is 36.7 Å². The zero-order chi connectivity index (χ0) is 14.4. The molecule has 20 heavy (non-hydrogen) atoms. The number of benzene rings is 1. The van der Waals surface area contributed by atoms with Crippen LogP contribution in [0.1, 0.15) is 26.7 Å². The fraction of sp³-hybridized carbons (Fsp3) is 0.375. The standard InChI is InChI=1S/C16H19NO3/c1-3-5-15(16(18)19-4-2)20-14-7-6-12-8-9-17-11-13(12)10-14/h6-11,15H,3-5H2,1-2H3. The third kappa shape index (κ3) is 3.47. The summed E-state index contributed by atoms with van der Waals surface area (Å²) in [5.74, 6) is 0.359. The SMILES string of the molecule is CCCC(Oc1ccc2ccncc2c1)C(=O)OCC. The van der Waals surface area contributed by atoms with E-state index in [-0.39, 0.29) is 5.97 Å². The number of hydrogen-bond acceptors (Lipinski definition) is 4. The molecule has 4 nitrogen and oxygen atoms in total. The maximum Gasteiger partial charge on any atom is 0.347 e. The van der Waals surface area contributed by atoms with Gasteiger partial charge in [0.2, 0.25) is 0 Å². The van der Waals surface area contributed by atoms with E-state index in [2.05, 4.69) is 4.98 Å². The molecule has 1 unspecified atom stereocenters. The number of carbonyl (C=O) groups excluding carboxylic acids is 1. The molecule has 1 aromatic heterocycles. The van der Waals surface area contributed by atoms with Crippen molar-refractivity contribution in [3.8, 4) is 5.75 Å². The second-order valence-electron chi connectivity index (χ2n) is 4.53. The summed E-state index contributed by atoms with van der Waals surface area (Å²) in [5, 5.41) is 2.08. The summed E-state index contributed by atoms with van der Waals surface area (Å²) in [6.07, 6.45) is 4.49. The van der Waals surface area contributed by atoms with Crippen molar-refractivity contribution >= 4 is 16.7 Å². The van der Waals surface area contributed by atoms with E-state index in [1.165, 1.54) is 0 Å². The largest absolute Gasteiger partial charge is 0.479 e.